The lowest BCUT2D eigenvalue weighted by Crippen LogP contribution is -2.00. The average Bonchev–Trinajstić information content (AvgIpc) is 3.12. The highest BCUT2D eigenvalue weighted by atomic mass is 79.9. The van der Waals surface area contributed by atoms with Crippen LogP contribution < -0.4 is 0 Å². The van der Waals surface area contributed by atoms with Gasteiger partial charge in [0.1, 0.15) is 0 Å². The second kappa shape index (κ2) is 8.42. The Balaban J connectivity index is 1.73. The van der Waals surface area contributed by atoms with Crippen LogP contribution in [-0.2, 0) is 5.75 Å². The van der Waals surface area contributed by atoms with E-state index in [2.05, 4.69) is 89.1 Å². The van der Waals surface area contributed by atoms with Gasteiger partial charge >= 0.3 is 0 Å². The Labute approximate surface area is 179 Å². The number of hydrogen-bond donors (Lipinski definition) is 0. The molecule has 4 aromatic rings. The van der Waals surface area contributed by atoms with Gasteiger partial charge in [0, 0.05) is 25.9 Å². The van der Waals surface area contributed by atoms with Gasteiger partial charge in [-0.25, -0.2) is 0 Å². The Bertz CT molecular complexity index is 1050. The van der Waals surface area contributed by atoms with Gasteiger partial charge < -0.3 is 0 Å². The van der Waals surface area contributed by atoms with Gasteiger partial charge in [0.15, 0.2) is 11.0 Å². The number of thioether (sulfide) groups is 1. The maximum Gasteiger partial charge on any atom is 0.196 e. The summed E-state index contributed by atoms with van der Waals surface area (Å²) < 4.78 is 4.20. The minimum Gasteiger partial charge on any atom is -0.270 e. The lowest BCUT2D eigenvalue weighted by Gasteiger charge is -2.11. The lowest BCUT2D eigenvalue weighted by atomic mass is 10.2. The van der Waals surface area contributed by atoms with Crippen molar-refractivity contribution in [1.82, 2.24) is 14.8 Å². The van der Waals surface area contributed by atoms with Crippen LogP contribution in [0, 0.1) is 0 Å². The highest BCUT2D eigenvalue weighted by Crippen LogP contribution is 2.33. The predicted molar refractivity (Wildman–Crippen MR) is 118 cm³/mol. The highest BCUT2D eigenvalue weighted by molar-refractivity contribution is 9.10. The Morgan fingerprint density at radius 1 is 0.778 bits per heavy atom. The molecule has 0 spiro atoms. The van der Waals surface area contributed by atoms with Crippen molar-refractivity contribution in [2.24, 2.45) is 0 Å². The summed E-state index contributed by atoms with van der Waals surface area (Å²) in [5.74, 6) is 1.65. The zero-order chi connectivity index (χ0) is 18.6. The van der Waals surface area contributed by atoms with Gasteiger partial charge in [0.25, 0.3) is 0 Å². The molecule has 1 aromatic heterocycles. The number of hydrogen-bond acceptors (Lipinski definition) is 3. The van der Waals surface area contributed by atoms with E-state index in [0.717, 1.165) is 36.9 Å². The molecule has 6 heteroatoms. The first-order valence-corrected chi connectivity index (χ1v) is 10.9. The molecule has 0 bridgehead atoms. The SMILES string of the molecule is Brc1ccc(CSc2nnc(-c3ccccc3Br)n2-c2ccccc2)cc1. The smallest absolute Gasteiger partial charge is 0.196 e. The normalized spacial score (nSPS) is 10.9. The van der Waals surface area contributed by atoms with Crippen molar-refractivity contribution < 1.29 is 0 Å². The molecule has 0 aliphatic heterocycles. The molecule has 3 aromatic carbocycles. The molecule has 4 rings (SSSR count). The third-order valence-corrected chi connectivity index (χ3v) is 6.26. The van der Waals surface area contributed by atoms with E-state index in [9.17, 15) is 0 Å². The van der Waals surface area contributed by atoms with E-state index < -0.39 is 0 Å². The van der Waals surface area contributed by atoms with Crippen molar-refractivity contribution in [3.8, 4) is 17.1 Å². The second-order valence-electron chi connectivity index (χ2n) is 5.87. The molecule has 27 heavy (non-hydrogen) atoms. The van der Waals surface area contributed by atoms with E-state index in [1.54, 1.807) is 11.8 Å². The minimum absolute atomic E-state index is 0.826. The number of para-hydroxylation sites is 1. The molecule has 0 saturated carbocycles. The van der Waals surface area contributed by atoms with E-state index in [-0.39, 0.29) is 0 Å². The van der Waals surface area contributed by atoms with Crippen molar-refractivity contribution >= 4 is 43.6 Å². The molecule has 3 nitrogen and oxygen atoms in total. The molecule has 0 aliphatic carbocycles. The van der Waals surface area contributed by atoms with Crippen molar-refractivity contribution in [3.63, 3.8) is 0 Å². The molecule has 134 valence electrons. The van der Waals surface area contributed by atoms with Gasteiger partial charge in [-0.2, -0.15) is 0 Å². The van der Waals surface area contributed by atoms with Crippen molar-refractivity contribution in [2.75, 3.05) is 0 Å². The first-order valence-electron chi connectivity index (χ1n) is 8.35. The maximum absolute atomic E-state index is 4.50. The summed E-state index contributed by atoms with van der Waals surface area (Å²) in [6, 6.07) is 26.7. The maximum atomic E-state index is 4.50. The summed E-state index contributed by atoms with van der Waals surface area (Å²) in [4.78, 5) is 0. The van der Waals surface area contributed by atoms with Gasteiger partial charge in [0.2, 0.25) is 0 Å². The second-order valence-corrected chi connectivity index (χ2v) is 8.58. The van der Waals surface area contributed by atoms with Crippen molar-refractivity contribution in [2.45, 2.75) is 10.9 Å². The molecule has 1 heterocycles. The molecule has 0 atom stereocenters. The Morgan fingerprint density at radius 2 is 1.48 bits per heavy atom. The molecule has 0 unspecified atom stereocenters. The van der Waals surface area contributed by atoms with Crippen LogP contribution in [0.25, 0.3) is 17.1 Å². The zero-order valence-electron chi connectivity index (χ0n) is 14.2. The van der Waals surface area contributed by atoms with Gasteiger partial charge in [-0.3, -0.25) is 4.57 Å². The summed E-state index contributed by atoms with van der Waals surface area (Å²) >= 11 is 8.80. The fraction of sp³-hybridized carbons (Fsp3) is 0.0476. The van der Waals surface area contributed by atoms with E-state index in [0.29, 0.717) is 0 Å². The van der Waals surface area contributed by atoms with Crippen molar-refractivity contribution in [3.05, 3.63) is 93.4 Å². The molecular weight excluding hydrogens is 486 g/mol. The Morgan fingerprint density at radius 3 is 2.22 bits per heavy atom. The van der Waals surface area contributed by atoms with Gasteiger partial charge in [-0.1, -0.05) is 92.2 Å². The Kier molecular flexibility index (Phi) is 5.76. The van der Waals surface area contributed by atoms with E-state index in [1.807, 2.05) is 36.4 Å². The molecular formula is C21H15Br2N3S. The lowest BCUT2D eigenvalue weighted by molar-refractivity contribution is 0.886. The van der Waals surface area contributed by atoms with Gasteiger partial charge in [-0.05, 0) is 35.9 Å². The molecule has 0 radical (unpaired) electrons. The van der Waals surface area contributed by atoms with Crippen LogP contribution in [0.15, 0.2) is 93.0 Å². The average molecular weight is 501 g/mol. The number of rotatable bonds is 5. The van der Waals surface area contributed by atoms with Crippen LogP contribution in [0.3, 0.4) is 0 Å². The summed E-state index contributed by atoms with van der Waals surface area (Å²) in [5.41, 5.74) is 3.31. The minimum atomic E-state index is 0.826. The molecule has 0 fully saturated rings. The number of nitrogens with zero attached hydrogens (tertiary/aromatic N) is 3. The largest absolute Gasteiger partial charge is 0.270 e. The number of aromatic nitrogens is 3. The fourth-order valence-corrected chi connectivity index (χ4v) is 4.35. The van der Waals surface area contributed by atoms with Crippen molar-refractivity contribution in [1.29, 1.82) is 0 Å². The fourth-order valence-electron chi connectivity index (χ4n) is 2.72. The highest BCUT2D eigenvalue weighted by Gasteiger charge is 2.17. The number of halogens is 2. The van der Waals surface area contributed by atoms with Crippen LogP contribution in [0.1, 0.15) is 5.56 Å². The van der Waals surface area contributed by atoms with Crippen LogP contribution in [0.5, 0.6) is 0 Å². The summed E-state index contributed by atoms with van der Waals surface area (Å²) in [6.07, 6.45) is 0. The molecule has 0 amide bonds. The standard InChI is InChI=1S/C21H15Br2N3S/c22-16-12-10-15(11-13-16)14-27-21-25-24-20(18-8-4-5-9-19(18)23)26(21)17-6-2-1-3-7-17/h1-13H,14H2. The molecule has 0 saturated heterocycles. The first-order chi connectivity index (χ1) is 13.2. The van der Waals surface area contributed by atoms with E-state index in [4.69, 9.17) is 0 Å². The van der Waals surface area contributed by atoms with Crippen LogP contribution in [0.4, 0.5) is 0 Å². The van der Waals surface area contributed by atoms with E-state index in [1.165, 1.54) is 5.56 Å². The molecule has 0 N–H and O–H groups in total. The van der Waals surface area contributed by atoms with Crippen LogP contribution >= 0.6 is 43.6 Å². The predicted octanol–water partition coefficient (Wildman–Crippen LogP) is 6.75. The van der Waals surface area contributed by atoms with Gasteiger partial charge in [-0.15, -0.1) is 10.2 Å². The van der Waals surface area contributed by atoms with Gasteiger partial charge in [0.05, 0.1) is 0 Å². The zero-order valence-corrected chi connectivity index (χ0v) is 18.2. The topological polar surface area (TPSA) is 30.7 Å². The summed E-state index contributed by atoms with van der Waals surface area (Å²) in [7, 11) is 0. The third kappa shape index (κ3) is 4.18. The van der Waals surface area contributed by atoms with Crippen LogP contribution in [-0.4, -0.2) is 14.8 Å². The van der Waals surface area contributed by atoms with Crippen LogP contribution in [0.2, 0.25) is 0 Å². The third-order valence-electron chi connectivity index (χ3n) is 4.04. The molecule has 0 aliphatic rings. The number of benzene rings is 3. The summed E-state index contributed by atoms with van der Waals surface area (Å²) in [5, 5.41) is 9.86. The Hall–Kier alpha value is -1.89. The monoisotopic (exact) mass is 499 g/mol. The first kappa shape index (κ1) is 18.5. The quantitative estimate of drug-likeness (QED) is 0.284. The van der Waals surface area contributed by atoms with E-state index >= 15 is 0 Å². The summed E-state index contributed by atoms with van der Waals surface area (Å²) in [6.45, 7) is 0.